The zero-order valence-corrected chi connectivity index (χ0v) is 10.8. The average Bonchev–Trinajstić information content (AvgIpc) is 3.16. The molecule has 1 aliphatic carbocycles. The molecule has 6 nitrogen and oxygen atoms in total. The molecule has 21 heavy (non-hydrogen) atoms. The van der Waals surface area contributed by atoms with Crippen LogP contribution in [0.5, 0.6) is 0 Å². The lowest BCUT2D eigenvalue weighted by Gasteiger charge is -2.00. The number of benzene rings is 1. The van der Waals surface area contributed by atoms with Crippen molar-refractivity contribution in [2.75, 3.05) is 0 Å². The van der Waals surface area contributed by atoms with E-state index in [-0.39, 0.29) is 11.5 Å². The van der Waals surface area contributed by atoms with Crippen molar-refractivity contribution in [2.24, 2.45) is 0 Å². The molecule has 0 radical (unpaired) electrons. The fourth-order valence-electron chi connectivity index (χ4n) is 1.91. The summed E-state index contributed by atoms with van der Waals surface area (Å²) < 4.78 is 32.5. The third kappa shape index (κ3) is 2.89. The Balaban J connectivity index is 1.90. The van der Waals surface area contributed by atoms with Crippen LogP contribution in [-0.2, 0) is 6.54 Å². The van der Waals surface area contributed by atoms with Gasteiger partial charge in [-0.3, -0.25) is 10.1 Å². The van der Waals surface area contributed by atoms with Crippen LogP contribution in [-0.4, -0.2) is 15.9 Å². The highest BCUT2D eigenvalue weighted by Gasteiger charge is 2.24. The van der Waals surface area contributed by atoms with Gasteiger partial charge in [0.1, 0.15) is 12.1 Å². The number of nitro groups is 1. The van der Waals surface area contributed by atoms with Gasteiger partial charge in [-0.15, -0.1) is 0 Å². The Morgan fingerprint density at radius 3 is 2.86 bits per heavy atom. The highest BCUT2D eigenvalue weighted by molar-refractivity contribution is 5.59. The van der Waals surface area contributed by atoms with Gasteiger partial charge in [-0.25, -0.2) is 9.37 Å². The van der Waals surface area contributed by atoms with E-state index in [4.69, 9.17) is 4.42 Å². The van der Waals surface area contributed by atoms with Gasteiger partial charge in [0, 0.05) is 12.6 Å². The number of aromatic nitrogens is 1. The quantitative estimate of drug-likeness (QED) is 0.677. The van der Waals surface area contributed by atoms with Crippen molar-refractivity contribution in [1.29, 1.82) is 0 Å². The predicted octanol–water partition coefficient (Wildman–Crippen LogP) is 2.78. The molecule has 3 rings (SSSR count). The van der Waals surface area contributed by atoms with Gasteiger partial charge in [0.2, 0.25) is 11.7 Å². The predicted molar refractivity (Wildman–Crippen MR) is 68.4 cm³/mol. The third-order valence-electron chi connectivity index (χ3n) is 3.15. The first-order valence-corrected chi connectivity index (χ1v) is 6.36. The van der Waals surface area contributed by atoms with Gasteiger partial charge < -0.3 is 9.73 Å². The van der Waals surface area contributed by atoms with E-state index in [1.54, 1.807) is 0 Å². The molecule has 1 aromatic heterocycles. The summed E-state index contributed by atoms with van der Waals surface area (Å²) in [5.74, 6) is -2.26. The monoisotopic (exact) mass is 295 g/mol. The molecule has 1 aliphatic rings. The summed E-state index contributed by atoms with van der Waals surface area (Å²) in [6.07, 6.45) is 3.53. The molecule has 8 heteroatoms. The minimum atomic E-state index is -1.16. The Bertz CT molecular complexity index is 698. The average molecular weight is 295 g/mol. The van der Waals surface area contributed by atoms with Gasteiger partial charge in [0.25, 0.3) is 0 Å². The van der Waals surface area contributed by atoms with E-state index in [1.165, 1.54) is 6.26 Å². The summed E-state index contributed by atoms with van der Waals surface area (Å²) in [7, 11) is 0. The molecule has 0 unspecified atom stereocenters. The molecular formula is C13H11F2N3O3. The summed E-state index contributed by atoms with van der Waals surface area (Å²) in [5.41, 5.74) is -0.775. The number of nitrogens with zero attached hydrogens (tertiary/aromatic N) is 2. The third-order valence-corrected chi connectivity index (χ3v) is 3.15. The maximum atomic E-state index is 14.0. The van der Waals surface area contributed by atoms with E-state index in [2.05, 4.69) is 10.3 Å². The molecule has 1 saturated carbocycles. The minimum Gasteiger partial charge on any atom is -0.444 e. The van der Waals surface area contributed by atoms with Gasteiger partial charge >= 0.3 is 5.69 Å². The first-order chi connectivity index (χ1) is 10.0. The van der Waals surface area contributed by atoms with E-state index in [1.807, 2.05) is 0 Å². The van der Waals surface area contributed by atoms with Crippen LogP contribution in [0.1, 0.15) is 18.5 Å². The Hall–Kier alpha value is -2.35. The fraction of sp³-hybridized carbons (Fsp3) is 0.308. The molecule has 0 bridgehead atoms. The van der Waals surface area contributed by atoms with Crippen molar-refractivity contribution in [1.82, 2.24) is 10.3 Å². The van der Waals surface area contributed by atoms with Gasteiger partial charge in [0.15, 0.2) is 0 Å². The van der Waals surface area contributed by atoms with Gasteiger partial charge in [-0.2, -0.15) is 4.39 Å². The van der Waals surface area contributed by atoms with Crippen LogP contribution in [0.3, 0.4) is 0 Å². The van der Waals surface area contributed by atoms with Gasteiger partial charge in [0.05, 0.1) is 22.2 Å². The lowest BCUT2D eigenvalue weighted by Crippen LogP contribution is -2.15. The van der Waals surface area contributed by atoms with E-state index >= 15 is 0 Å². The summed E-state index contributed by atoms with van der Waals surface area (Å²) in [6, 6.07) is 1.82. The Kier molecular flexibility index (Phi) is 3.38. The molecule has 1 N–H and O–H groups in total. The molecular weight excluding hydrogens is 284 g/mol. The number of hydrogen-bond donors (Lipinski definition) is 1. The number of rotatable bonds is 5. The van der Waals surface area contributed by atoms with Gasteiger partial charge in [-0.1, -0.05) is 0 Å². The number of hydrogen-bond acceptors (Lipinski definition) is 5. The van der Waals surface area contributed by atoms with Gasteiger partial charge in [-0.05, 0) is 18.9 Å². The smallest absolute Gasteiger partial charge is 0.308 e. The minimum absolute atomic E-state index is 0.178. The van der Waals surface area contributed by atoms with Crippen LogP contribution in [0.15, 0.2) is 22.8 Å². The van der Waals surface area contributed by atoms with Crippen LogP contribution in [0.2, 0.25) is 0 Å². The van der Waals surface area contributed by atoms with Crippen molar-refractivity contribution in [2.45, 2.75) is 25.4 Å². The van der Waals surface area contributed by atoms with Crippen molar-refractivity contribution in [3.8, 4) is 11.5 Å². The largest absolute Gasteiger partial charge is 0.444 e. The summed E-state index contributed by atoms with van der Waals surface area (Å²) >= 11 is 0. The summed E-state index contributed by atoms with van der Waals surface area (Å²) in [5, 5.41) is 13.9. The summed E-state index contributed by atoms with van der Waals surface area (Å²) in [6.45, 7) is 0.452. The molecule has 0 aliphatic heterocycles. The lowest BCUT2D eigenvalue weighted by molar-refractivity contribution is -0.387. The normalized spacial score (nSPS) is 14.4. The Labute approximate surface area is 117 Å². The van der Waals surface area contributed by atoms with Crippen molar-refractivity contribution < 1.29 is 18.1 Å². The summed E-state index contributed by atoms with van der Waals surface area (Å²) in [4.78, 5) is 13.7. The zero-order valence-electron chi connectivity index (χ0n) is 10.8. The van der Waals surface area contributed by atoms with Crippen LogP contribution in [0.25, 0.3) is 11.5 Å². The highest BCUT2D eigenvalue weighted by Crippen LogP contribution is 2.30. The standard InChI is InChI=1S/C13H11F2N3O3/c14-7-3-10(12(15)11(4-7)18(19)20)13-17-9(6-21-13)5-16-8-1-2-8/h3-4,6,8,16H,1-2,5H2. The molecule has 0 saturated heterocycles. The lowest BCUT2D eigenvalue weighted by atomic mass is 10.1. The zero-order chi connectivity index (χ0) is 15.0. The number of nitrogens with one attached hydrogen (secondary N) is 1. The number of nitro benzene ring substituents is 1. The van der Waals surface area contributed by atoms with E-state index in [9.17, 15) is 18.9 Å². The van der Waals surface area contributed by atoms with E-state index in [0.717, 1.165) is 18.9 Å². The molecule has 1 aromatic carbocycles. The maximum Gasteiger partial charge on any atom is 0.308 e. The number of oxazole rings is 1. The molecule has 0 amide bonds. The van der Waals surface area contributed by atoms with Crippen molar-refractivity contribution in [3.63, 3.8) is 0 Å². The van der Waals surface area contributed by atoms with Crippen LogP contribution >= 0.6 is 0 Å². The second-order valence-corrected chi connectivity index (χ2v) is 4.84. The Morgan fingerprint density at radius 1 is 1.43 bits per heavy atom. The molecule has 2 aromatic rings. The molecule has 1 heterocycles. The molecule has 1 fully saturated rings. The van der Waals surface area contributed by atoms with E-state index < -0.39 is 22.2 Å². The van der Waals surface area contributed by atoms with Crippen molar-refractivity contribution in [3.05, 3.63) is 45.8 Å². The first-order valence-electron chi connectivity index (χ1n) is 6.36. The Morgan fingerprint density at radius 2 is 2.19 bits per heavy atom. The second kappa shape index (κ2) is 5.21. The van der Waals surface area contributed by atoms with Crippen molar-refractivity contribution >= 4 is 5.69 Å². The molecule has 0 atom stereocenters. The molecule has 0 spiro atoms. The SMILES string of the molecule is O=[N+]([O-])c1cc(F)cc(-c2nc(CNC3CC3)co2)c1F. The topological polar surface area (TPSA) is 81.2 Å². The highest BCUT2D eigenvalue weighted by atomic mass is 19.1. The molecule has 110 valence electrons. The maximum absolute atomic E-state index is 14.0. The van der Waals surface area contributed by atoms with Crippen LogP contribution < -0.4 is 5.32 Å². The van der Waals surface area contributed by atoms with Crippen LogP contribution in [0, 0.1) is 21.7 Å². The van der Waals surface area contributed by atoms with Crippen LogP contribution in [0.4, 0.5) is 14.5 Å². The van der Waals surface area contributed by atoms with E-state index in [0.29, 0.717) is 24.3 Å². The number of halogens is 2. The fourth-order valence-corrected chi connectivity index (χ4v) is 1.91. The first kappa shape index (κ1) is 13.6. The second-order valence-electron chi connectivity index (χ2n) is 4.84.